The van der Waals surface area contributed by atoms with Gasteiger partial charge in [0.1, 0.15) is 18.0 Å². The van der Waals surface area contributed by atoms with Crippen molar-refractivity contribution in [1.82, 2.24) is 19.6 Å². The Morgan fingerprint density at radius 1 is 1.33 bits per heavy atom. The van der Waals surface area contributed by atoms with Crippen LogP contribution in [0.1, 0.15) is 5.82 Å². The molecule has 1 saturated heterocycles. The molecule has 2 aliphatic heterocycles. The quantitative estimate of drug-likeness (QED) is 0.0343. The van der Waals surface area contributed by atoms with Gasteiger partial charge in [0.05, 0.1) is 5.57 Å². The molecule has 0 spiro atoms. The van der Waals surface area contributed by atoms with Crippen LogP contribution < -0.4 is 15.0 Å². The number of rotatable bonds is 11. The van der Waals surface area contributed by atoms with Crippen LogP contribution in [-0.4, -0.2) is 76.6 Å². The number of ether oxygens (including phenoxy) is 1. The first kappa shape index (κ1) is 28.2. The van der Waals surface area contributed by atoms with E-state index in [1.54, 1.807) is 29.1 Å². The molecule has 19 heteroatoms. The molecule has 2 amide bonds. The van der Waals surface area contributed by atoms with Crippen LogP contribution in [-0.2, 0) is 30.3 Å². The predicted octanol–water partition coefficient (Wildman–Crippen LogP) is 0.243. The molecule has 1 fully saturated rings. The highest BCUT2D eigenvalue weighted by atomic mass is 32.2. The maximum atomic E-state index is 13.1. The number of aromatic nitrogens is 3. The van der Waals surface area contributed by atoms with E-state index in [0.29, 0.717) is 22.9 Å². The summed E-state index contributed by atoms with van der Waals surface area (Å²) in [5.74, 6) is -1.63. The minimum absolute atomic E-state index is 0.0774. The molecule has 206 valence electrons. The third-order valence-electron chi connectivity index (χ3n) is 5.06. The molecule has 0 radical (unpaired) electrons. The fourth-order valence-electron chi connectivity index (χ4n) is 3.52. The van der Waals surface area contributed by atoms with Crippen LogP contribution in [0.2, 0.25) is 0 Å². The highest BCUT2D eigenvalue weighted by Gasteiger charge is 2.54. The minimum Gasteiger partial charge on any atom is -0.449 e. The number of oxime groups is 1. The summed E-state index contributed by atoms with van der Waals surface area (Å²) in [6.45, 7) is 3.67. The van der Waals surface area contributed by atoms with Gasteiger partial charge in [-0.05, 0) is 0 Å². The number of nitrogens with zero attached hydrogens (tertiary/aromatic N) is 5. The molecular weight excluding hydrogens is 577 g/mol. The van der Waals surface area contributed by atoms with Crippen molar-refractivity contribution >= 4 is 59.9 Å². The van der Waals surface area contributed by atoms with E-state index >= 15 is 0 Å². The Kier molecular flexibility index (Phi) is 8.61. The number of carbonyl (C=O) groups is 3. The number of anilines is 1. The van der Waals surface area contributed by atoms with Crippen molar-refractivity contribution in [3.8, 4) is 0 Å². The molecule has 1 unspecified atom stereocenters. The largest absolute Gasteiger partial charge is 0.512 e. The summed E-state index contributed by atoms with van der Waals surface area (Å²) in [6.07, 6.45) is 3.34. The molecule has 0 bridgehead atoms. The Hall–Kier alpha value is -3.83. The topological polar surface area (TPSA) is 217 Å². The van der Waals surface area contributed by atoms with Crippen LogP contribution in [0.3, 0.4) is 0 Å². The molecule has 4 heterocycles. The number of carboxylic acid groups (broad SMARTS) is 1. The summed E-state index contributed by atoms with van der Waals surface area (Å²) in [5, 5.41) is 16.4. The third-order valence-corrected chi connectivity index (χ3v) is 7.68. The molecule has 0 aliphatic carbocycles. The number of fused-ring (bicyclic) bond motifs is 1. The number of hydrogen-bond acceptors (Lipinski definition) is 11. The molecule has 2 aliphatic rings. The summed E-state index contributed by atoms with van der Waals surface area (Å²) in [4.78, 5) is 65.7. The van der Waals surface area contributed by atoms with E-state index in [-0.39, 0.29) is 30.0 Å². The average Bonchev–Trinajstić information content (AvgIpc) is 3.32. The Morgan fingerprint density at radius 3 is 2.74 bits per heavy atom. The lowest BCUT2D eigenvalue weighted by atomic mass is 10.1. The first-order valence-corrected chi connectivity index (χ1v) is 14.3. The van der Waals surface area contributed by atoms with E-state index in [4.69, 9.17) is 19.4 Å². The molecule has 5 N–H and O–H groups in total. The molecular formula is C20H21N7O9PS2+. The number of amides is 2. The minimum atomic E-state index is -4.68. The Balaban J connectivity index is 1.53. The summed E-state index contributed by atoms with van der Waals surface area (Å²) in [6, 6.07) is 4.36. The Bertz CT molecular complexity index is 1390. The fourth-order valence-corrected chi connectivity index (χ4v) is 6.08. The zero-order valence-corrected chi connectivity index (χ0v) is 22.3. The second-order valence-electron chi connectivity index (χ2n) is 7.79. The van der Waals surface area contributed by atoms with Gasteiger partial charge in [-0.2, -0.15) is 9.36 Å². The van der Waals surface area contributed by atoms with Gasteiger partial charge in [-0.15, -0.1) is 11.8 Å². The van der Waals surface area contributed by atoms with Crippen LogP contribution in [0.5, 0.6) is 0 Å². The van der Waals surface area contributed by atoms with Crippen LogP contribution in [0.4, 0.5) is 9.93 Å². The Morgan fingerprint density at radius 2 is 2.08 bits per heavy atom. The van der Waals surface area contributed by atoms with Crippen molar-refractivity contribution in [2.24, 2.45) is 5.16 Å². The Labute approximate surface area is 228 Å². The maximum absolute atomic E-state index is 13.1. The summed E-state index contributed by atoms with van der Waals surface area (Å²) >= 11 is 1.87. The van der Waals surface area contributed by atoms with Crippen molar-refractivity contribution < 1.29 is 48.0 Å². The maximum Gasteiger partial charge on any atom is 0.512 e. The number of pyridine rings is 1. The molecule has 0 aromatic carbocycles. The summed E-state index contributed by atoms with van der Waals surface area (Å²) < 4.78 is 21.8. The highest BCUT2D eigenvalue weighted by molar-refractivity contribution is 8.00. The summed E-state index contributed by atoms with van der Waals surface area (Å²) in [7, 11) is -4.68. The van der Waals surface area contributed by atoms with Crippen molar-refractivity contribution in [1.29, 1.82) is 0 Å². The summed E-state index contributed by atoms with van der Waals surface area (Å²) in [5.41, 5.74) is 0.0995. The van der Waals surface area contributed by atoms with Gasteiger partial charge in [0.2, 0.25) is 22.6 Å². The number of thioether (sulfide) groups is 1. The fraction of sp³-hybridized carbons (Fsp3) is 0.250. The monoisotopic (exact) mass is 598 g/mol. The number of β-lactam (4-membered cyclic amide) rings is 1. The lowest BCUT2D eigenvalue weighted by Crippen LogP contribution is -2.70. The van der Waals surface area contributed by atoms with Crippen molar-refractivity contribution in [3.63, 3.8) is 0 Å². The van der Waals surface area contributed by atoms with E-state index in [1.807, 2.05) is 11.2 Å². The second kappa shape index (κ2) is 11.9. The van der Waals surface area contributed by atoms with E-state index in [9.17, 15) is 24.1 Å². The van der Waals surface area contributed by atoms with Gasteiger partial charge in [0.25, 0.3) is 11.8 Å². The van der Waals surface area contributed by atoms with Gasteiger partial charge in [-0.3, -0.25) is 19.6 Å². The lowest BCUT2D eigenvalue weighted by Gasteiger charge is -2.48. The number of nitrogens with one attached hydrogen (secondary N) is 2. The molecule has 2 aromatic heterocycles. The smallest absolute Gasteiger partial charge is 0.449 e. The van der Waals surface area contributed by atoms with Crippen LogP contribution in [0.15, 0.2) is 59.9 Å². The molecule has 16 nitrogen and oxygen atoms in total. The van der Waals surface area contributed by atoms with E-state index < -0.39 is 42.8 Å². The number of hydrogen-bond donors (Lipinski definition) is 5. The predicted molar refractivity (Wildman–Crippen MR) is 136 cm³/mol. The molecule has 0 saturated carbocycles. The van der Waals surface area contributed by atoms with Gasteiger partial charge in [-0.1, -0.05) is 23.9 Å². The highest BCUT2D eigenvalue weighted by Crippen LogP contribution is 2.41. The van der Waals surface area contributed by atoms with Gasteiger partial charge >= 0.3 is 13.9 Å². The normalized spacial score (nSPS) is 19.1. The van der Waals surface area contributed by atoms with Crippen molar-refractivity contribution in [2.75, 3.05) is 17.4 Å². The van der Waals surface area contributed by atoms with Gasteiger partial charge in [0.15, 0.2) is 18.9 Å². The molecule has 2 aromatic rings. The third kappa shape index (κ3) is 6.79. The lowest BCUT2D eigenvalue weighted by molar-refractivity contribution is -0.689. The zero-order valence-electron chi connectivity index (χ0n) is 19.7. The van der Waals surface area contributed by atoms with E-state index in [0.717, 1.165) is 0 Å². The average molecular weight is 599 g/mol. The first-order chi connectivity index (χ1) is 18.6. The van der Waals surface area contributed by atoms with Crippen molar-refractivity contribution in [3.05, 3.63) is 60.5 Å². The SMILES string of the molecule is C=CCON=C(C(=O)NC1C(=O)N2C(OC(=O)O)=C(C[n+]3ccccc3)CS[C@@H]12)c1nsc(NP(=O)(O)O)n1. The van der Waals surface area contributed by atoms with Gasteiger partial charge in [-0.25, -0.2) is 13.9 Å². The van der Waals surface area contributed by atoms with Crippen LogP contribution in [0.25, 0.3) is 0 Å². The van der Waals surface area contributed by atoms with E-state index in [1.165, 1.54) is 22.7 Å². The second-order valence-corrected chi connectivity index (χ2v) is 11.0. The zero-order chi connectivity index (χ0) is 28.2. The number of carbonyl (C=O) groups excluding carboxylic acids is 2. The molecule has 2 atom stereocenters. The first-order valence-electron chi connectivity index (χ1n) is 10.9. The van der Waals surface area contributed by atoms with Crippen LogP contribution >= 0.6 is 31.0 Å². The van der Waals surface area contributed by atoms with Crippen molar-refractivity contribution in [2.45, 2.75) is 18.0 Å². The standard InChI is InChI=1S/C20H20N7O9PS2/c1-2-8-35-23-12(14-22-19(39-25-14)24-37(32,33)34)15(28)21-13-16(29)27-17(36-20(30)31)11(10-38-18(13)27)9-26-6-4-3-5-7-26/h2-7,13,18H,1,8-10H2,(H4-,21,22,24,25,28,30,31,32,33,34)/p+1/t13?,18-/m0/s1. The van der Waals surface area contributed by atoms with Gasteiger partial charge in [0, 0.05) is 29.4 Å². The van der Waals surface area contributed by atoms with Crippen LogP contribution in [0, 0.1) is 0 Å². The molecule has 39 heavy (non-hydrogen) atoms. The van der Waals surface area contributed by atoms with E-state index in [2.05, 4.69) is 26.4 Å². The van der Waals surface area contributed by atoms with Gasteiger partial charge < -0.3 is 29.8 Å². The molecule has 4 rings (SSSR count).